The lowest BCUT2D eigenvalue weighted by atomic mass is 10.2. The fraction of sp³-hybridized carbons (Fsp3) is 0.231. The molecule has 0 saturated heterocycles. The van der Waals surface area contributed by atoms with Crippen LogP contribution in [0.4, 0.5) is 0 Å². The minimum Gasteiger partial charge on any atom is -0.298 e. The number of aldehydes is 1. The second-order valence-electron chi connectivity index (χ2n) is 3.99. The van der Waals surface area contributed by atoms with E-state index in [4.69, 9.17) is 0 Å². The van der Waals surface area contributed by atoms with E-state index < -0.39 is 0 Å². The topological polar surface area (TPSA) is 34.9 Å². The molecule has 0 bridgehead atoms. The number of carbonyl (C=O) groups is 1. The lowest BCUT2D eigenvalue weighted by Gasteiger charge is -2.05. The monoisotopic (exact) mass is 246 g/mol. The molecule has 3 nitrogen and oxygen atoms in total. The molecule has 0 aliphatic carbocycles. The Hall–Kier alpha value is -1.55. The van der Waals surface area contributed by atoms with Crippen molar-refractivity contribution in [1.29, 1.82) is 0 Å². The van der Waals surface area contributed by atoms with Crippen LogP contribution in [0.2, 0.25) is 0 Å². The van der Waals surface area contributed by atoms with Gasteiger partial charge >= 0.3 is 0 Å². The number of aromatic nitrogens is 2. The Balaban J connectivity index is 2.30. The van der Waals surface area contributed by atoms with Crippen molar-refractivity contribution in [2.75, 3.05) is 0 Å². The molecule has 0 fully saturated rings. The molecule has 0 unspecified atom stereocenters. The van der Waals surface area contributed by atoms with Crippen LogP contribution >= 0.6 is 11.8 Å². The summed E-state index contributed by atoms with van der Waals surface area (Å²) in [5.74, 6) is 0. The second kappa shape index (κ2) is 4.75. The van der Waals surface area contributed by atoms with E-state index in [0.29, 0.717) is 5.56 Å². The normalized spacial score (nSPS) is 10.5. The third-order valence-corrected chi connectivity index (χ3v) is 3.78. The number of rotatable bonds is 3. The van der Waals surface area contributed by atoms with Crippen molar-refractivity contribution in [3.63, 3.8) is 0 Å². The van der Waals surface area contributed by atoms with Crippen LogP contribution in [-0.2, 0) is 7.05 Å². The van der Waals surface area contributed by atoms with E-state index in [1.165, 1.54) is 0 Å². The van der Waals surface area contributed by atoms with Crippen LogP contribution in [0.1, 0.15) is 21.6 Å². The zero-order valence-corrected chi connectivity index (χ0v) is 10.9. The zero-order chi connectivity index (χ0) is 12.4. The Bertz CT molecular complexity index is 561. The lowest BCUT2D eigenvalue weighted by molar-refractivity contribution is 0.112. The van der Waals surface area contributed by atoms with Crippen LogP contribution in [0, 0.1) is 13.8 Å². The van der Waals surface area contributed by atoms with Crippen molar-refractivity contribution in [3.05, 3.63) is 41.1 Å². The Morgan fingerprint density at radius 1 is 1.29 bits per heavy atom. The number of nitrogens with zero attached hydrogens (tertiary/aromatic N) is 2. The van der Waals surface area contributed by atoms with Gasteiger partial charge in [-0.3, -0.25) is 9.48 Å². The molecule has 2 rings (SSSR count). The van der Waals surface area contributed by atoms with Crippen molar-refractivity contribution in [2.24, 2.45) is 7.05 Å². The largest absolute Gasteiger partial charge is 0.298 e. The van der Waals surface area contributed by atoms with Crippen LogP contribution in [0.25, 0.3) is 0 Å². The molecule has 1 aromatic heterocycles. The molecule has 0 amide bonds. The van der Waals surface area contributed by atoms with Gasteiger partial charge in [0.2, 0.25) is 0 Å². The zero-order valence-electron chi connectivity index (χ0n) is 10.1. The molecular formula is C13H14N2OS. The number of benzene rings is 1. The highest BCUT2D eigenvalue weighted by Gasteiger charge is 2.06. The van der Waals surface area contributed by atoms with Crippen molar-refractivity contribution in [3.8, 4) is 0 Å². The van der Waals surface area contributed by atoms with Crippen LogP contribution in [0.5, 0.6) is 0 Å². The fourth-order valence-corrected chi connectivity index (χ4v) is 2.64. The molecule has 1 aromatic carbocycles. The number of hydrogen-bond donors (Lipinski definition) is 0. The first kappa shape index (κ1) is 11.9. The maximum atomic E-state index is 10.7. The average molecular weight is 246 g/mol. The minimum atomic E-state index is 0.716. The summed E-state index contributed by atoms with van der Waals surface area (Å²) >= 11 is 1.67. The van der Waals surface area contributed by atoms with Gasteiger partial charge in [0.1, 0.15) is 6.29 Å². The predicted molar refractivity (Wildman–Crippen MR) is 68.6 cm³/mol. The summed E-state index contributed by atoms with van der Waals surface area (Å²) in [4.78, 5) is 11.8. The summed E-state index contributed by atoms with van der Waals surface area (Å²) in [5.41, 5.74) is 2.84. The summed E-state index contributed by atoms with van der Waals surface area (Å²) in [6, 6.07) is 7.77. The van der Waals surface area contributed by atoms with E-state index in [9.17, 15) is 4.79 Å². The number of carbonyl (C=O) groups excluding carboxylic acids is 1. The third-order valence-electron chi connectivity index (χ3n) is 2.51. The SMILES string of the molecule is Cc1cc(Sc2ccc(C=O)cc2C)n(C)n1. The molecule has 0 atom stereocenters. The van der Waals surface area contributed by atoms with Crippen molar-refractivity contribution < 1.29 is 4.79 Å². The van der Waals surface area contributed by atoms with E-state index in [-0.39, 0.29) is 0 Å². The number of hydrogen-bond acceptors (Lipinski definition) is 3. The van der Waals surface area contributed by atoms with Crippen molar-refractivity contribution >= 4 is 18.0 Å². The quantitative estimate of drug-likeness (QED) is 0.781. The van der Waals surface area contributed by atoms with Gasteiger partial charge in [-0.2, -0.15) is 5.10 Å². The van der Waals surface area contributed by atoms with E-state index >= 15 is 0 Å². The Kier molecular flexibility index (Phi) is 3.33. The van der Waals surface area contributed by atoms with Gasteiger partial charge in [-0.05, 0) is 37.6 Å². The Labute approximate surface area is 105 Å². The lowest BCUT2D eigenvalue weighted by Crippen LogP contribution is -1.93. The van der Waals surface area contributed by atoms with Crippen molar-refractivity contribution in [1.82, 2.24) is 9.78 Å². The van der Waals surface area contributed by atoms with Gasteiger partial charge in [-0.15, -0.1) is 0 Å². The van der Waals surface area contributed by atoms with Gasteiger partial charge in [0.15, 0.2) is 0 Å². The molecule has 1 heterocycles. The first-order chi connectivity index (χ1) is 8.10. The molecular weight excluding hydrogens is 232 g/mol. The smallest absolute Gasteiger partial charge is 0.150 e. The molecule has 2 aromatic rings. The summed E-state index contributed by atoms with van der Waals surface area (Å²) in [7, 11) is 1.93. The van der Waals surface area contributed by atoms with E-state index in [2.05, 4.69) is 11.2 Å². The van der Waals surface area contributed by atoms with Crippen LogP contribution < -0.4 is 0 Å². The summed E-state index contributed by atoms with van der Waals surface area (Å²) in [6.07, 6.45) is 0.871. The molecule has 88 valence electrons. The summed E-state index contributed by atoms with van der Waals surface area (Å²) < 4.78 is 1.87. The second-order valence-corrected chi connectivity index (χ2v) is 5.05. The van der Waals surface area contributed by atoms with E-state index in [1.807, 2.05) is 43.8 Å². The van der Waals surface area contributed by atoms with Gasteiger partial charge in [-0.1, -0.05) is 17.8 Å². The molecule has 0 N–H and O–H groups in total. The van der Waals surface area contributed by atoms with E-state index in [0.717, 1.165) is 27.5 Å². The first-order valence-electron chi connectivity index (χ1n) is 5.34. The molecule has 0 aliphatic heterocycles. The molecule has 0 radical (unpaired) electrons. The molecule has 4 heteroatoms. The Morgan fingerprint density at radius 2 is 2.06 bits per heavy atom. The van der Waals surface area contributed by atoms with Gasteiger partial charge in [-0.25, -0.2) is 0 Å². The predicted octanol–water partition coefficient (Wildman–Crippen LogP) is 3.00. The van der Waals surface area contributed by atoms with Crippen LogP contribution in [0.15, 0.2) is 34.2 Å². The standard InChI is InChI=1S/C13H14N2OS/c1-9-6-11(8-16)4-5-12(9)17-13-7-10(2)14-15(13)3/h4-8H,1-3H3. The molecule has 0 aliphatic rings. The highest BCUT2D eigenvalue weighted by molar-refractivity contribution is 7.99. The first-order valence-corrected chi connectivity index (χ1v) is 6.16. The van der Waals surface area contributed by atoms with Gasteiger partial charge in [0, 0.05) is 17.5 Å². The fourth-order valence-electron chi connectivity index (χ4n) is 1.66. The molecule has 0 saturated carbocycles. The highest BCUT2D eigenvalue weighted by Crippen LogP contribution is 2.30. The van der Waals surface area contributed by atoms with Gasteiger partial charge in [0.25, 0.3) is 0 Å². The van der Waals surface area contributed by atoms with Crippen LogP contribution in [-0.4, -0.2) is 16.1 Å². The average Bonchev–Trinajstić information content (AvgIpc) is 2.60. The van der Waals surface area contributed by atoms with Crippen LogP contribution in [0.3, 0.4) is 0 Å². The van der Waals surface area contributed by atoms with Crippen molar-refractivity contribution in [2.45, 2.75) is 23.8 Å². The Morgan fingerprint density at radius 3 is 2.59 bits per heavy atom. The maximum Gasteiger partial charge on any atom is 0.150 e. The van der Waals surface area contributed by atoms with Gasteiger partial charge < -0.3 is 0 Å². The summed E-state index contributed by atoms with van der Waals surface area (Å²) in [6.45, 7) is 3.99. The minimum absolute atomic E-state index is 0.716. The maximum absolute atomic E-state index is 10.7. The number of aryl methyl sites for hydroxylation is 3. The summed E-state index contributed by atoms with van der Waals surface area (Å²) in [5, 5.41) is 5.41. The molecule has 17 heavy (non-hydrogen) atoms. The van der Waals surface area contributed by atoms with E-state index in [1.54, 1.807) is 11.8 Å². The van der Waals surface area contributed by atoms with Gasteiger partial charge in [0.05, 0.1) is 10.7 Å². The molecule has 0 spiro atoms. The highest BCUT2D eigenvalue weighted by atomic mass is 32.2. The third kappa shape index (κ3) is 2.58.